The number of likely N-dealkylation sites (tertiary alicyclic amines) is 1. The molecule has 2 saturated heterocycles. The van der Waals surface area contributed by atoms with E-state index in [9.17, 15) is 33.5 Å². The molecule has 0 spiro atoms. The minimum atomic E-state index is -1.42. The molecule has 2 aliphatic carbocycles. The Kier molecular flexibility index (Phi) is 6.38. The summed E-state index contributed by atoms with van der Waals surface area (Å²) in [6.45, 7) is 1.65. The topological polar surface area (TPSA) is 121 Å². The highest BCUT2D eigenvalue weighted by molar-refractivity contribution is 9.10. The van der Waals surface area contributed by atoms with Crippen LogP contribution in [0.5, 0.6) is 5.75 Å². The number of phenolic OH excluding ortho intramolecular Hbond substituents is 1. The Balaban J connectivity index is 1.54. The standard InChI is InChI=1S/C29H23BrClFN2O7/c1-29-18(25(37)33(27(29)39)13-4-7-20(32)19(31)10-13)11-16-14(23(29)17-9-12(30)3-8-21(17)35)5-6-15-22(16)26(38)34(24(15)36)28(40)41-2/h3-5,7-10,15-16,18,22-23,35H,6,11H2,1-2H3/t15-,16+,18-,22-,23+,29+/m0/s1. The van der Waals surface area contributed by atoms with Gasteiger partial charge in [0.1, 0.15) is 11.6 Å². The van der Waals surface area contributed by atoms with Crippen LogP contribution in [0.25, 0.3) is 0 Å². The highest BCUT2D eigenvalue weighted by atomic mass is 79.9. The number of rotatable bonds is 2. The van der Waals surface area contributed by atoms with Gasteiger partial charge in [-0.1, -0.05) is 39.2 Å². The molecule has 12 heteroatoms. The summed E-state index contributed by atoms with van der Waals surface area (Å²) in [4.78, 5) is 68.9. The van der Waals surface area contributed by atoms with Crippen molar-refractivity contribution in [2.75, 3.05) is 12.0 Å². The Morgan fingerprint density at radius 3 is 2.51 bits per heavy atom. The molecule has 41 heavy (non-hydrogen) atoms. The number of anilines is 1. The number of methoxy groups -OCH3 is 1. The molecule has 0 radical (unpaired) electrons. The van der Waals surface area contributed by atoms with Crippen molar-refractivity contribution >= 4 is 62.9 Å². The molecule has 0 unspecified atom stereocenters. The van der Waals surface area contributed by atoms with Gasteiger partial charge in [-0.15, -0.1) is 0 Å². The number of halogens is 3. The van der Waals surface area contributed by atoms with Crippen LogP contribution in [0, 0.1) is 34.9 Å². The number of fused-ring (bicyclic) bond motifs is 4. The van der Waals surface area contributed by atoms with Gasteiger partial charge in [-0.25, -0.2) is 14.1 Å². The summed E-state index contributed by atoms with van der Waals surface area (Å²) in [7, 11) is 1.08. The Hall–Kier alpha value is -3.57. The molecule has 9 nitrogen and oxygen atoms in total. The van der Waals surface area contributed by atoms with Crippen LogP contribution >= 0.6 is 27.5 Å². The lowest BCUT2D eigenvalue weighted by Crippen LogP contribution is -2.49. The Morgan fingerprint density at radius 2 is 1.83 bits per heavy atom. The fourth-order valence-corrected chi connectivity index (χ4v) is 7.81. The van der Waals surface area contributed by atoms with Crippen molar-refractivity contribution < 1.29 is 38.2 Å². The number of aromatic hydroxyl groups is 1. The summed E-state index contributed by atoms with van der Waals surface area (Å²) >= 11 is 9.42. The molecule has 212 valence electrons. The zero-order chi connectivity index (χ0) is 29.5. The maximum Gasteiger partial charge on any atom is 0.423 e. The normalized spacial score (nSPS) is 30.7. The van der Waals surface area contributed by atoms with Gasteiger partial charge in [0, 0.05) is 16.0 Å². The summed E-state index contributed by atoms with van der Waals surface area (Å²) in [6.07, 6.45) is 0.877. The molecule has 2 heterocycles. The monoisotopic (exact) mass is 644 g/mol. The molecule has 1 N–H and O–H groups in total. The van der Waals surface area contributed by atoms with E-state index in [1.54, 1.807) is 25.1 Å². The van der Waals surface area contributed by atoms with E-state index in [-0.39, 0.29) is 29.3 Å². The van der Waals surface area contributed by atoms with Crippen molar-refractivity contribution in [2.24, 2.45) is 29.1 Å². The van der Waals surface area contributed by atoms with Gasteiger partial charge in [0.15, 0.2) is 0 Å². The second-order valence-electron chi connectivity index (χ2n) is 10.9. The highest BCUT2D eigenvalue weighted by Crippen LogP contribution is 2.64. The third kappa shape index (κ3) is 3.74. The molecule has 3 fully saturated rings. The highest BCUT2D eigenvalue weighted by Gasteiger charge is 2.68. The van der Waals surface area contributed by atoms with Crippen LogP contribution in [-0.4, -0.2) is 46.8 Å². The summed E-state index contributed by atoms with van der Waals surface area (Å²) in [5, 5.41) is 10.8. The molecule has 0 aromatic heterocycles. The Bertz CT molecular complexity index is 1610. The van der Waals surface area contributed by atoms with Crippen LogP contribution in [0.3, 0.4) is 0 Å². The van der Waals surface area contributed by atoms with Crippen molar-refractivity contribution in [1.29, 1.82) is 0 Å². The molecule has 2 aliphatic heterocycles. The van der Waals surface area contributed by atoms with Gasteiger partial charge < -0.3 is 9.84 Å². The molecular weight excluding hydrogens is 623 g/mol. The van der Waals surface area contributed by atoms with Gasteiger partial charge in [0.25, 0.3) is 0 Å². The average Bonchev–Trinajstić information content (AvgIpc) is 3.31. The minimum Gasteiger partial charge on any atom is -0.508 e. The molecule has 5 amide bonds. The van der Waals surface area contributed by atoms with Gasteiger partial charge in [-0.2, -0.15) is 4.90 Å². The number of hydrogen-bond donors (Lipinski definition) is 1. The van der Waals surface area contributed by atoms with Crippen LogP contribution in [-0.2, 0) is 23.9 Å². The van der Waals surface area contributed by atoms with Crippen molar-refractivity contribution in [1.82, 2.24) is 4.90 Å². The third-order valence-electron chi connectivity index (χ3n) is 9.09. The molecule has 2 aromatic rings. The number of carbonyl (C=O) groups is 5. The molecule has 0 bridgehead atoms. The van der Waals surface area contributed by atoms with Crippen molar-refractivity contribution in [3.63, 3.8) is 0 Å². The second-order valence-corrected chi connectivity index (χ2v) is 12.3. The lowest BCUT2D eigenvalue weighted by molar-refractivity contribution is -0.138. The fourth-order valence-electron chi connectivity index (χ4n) is 7.26. The number of ether oxygens (including phenoxy) is 1. The summed E-state index contributed by atoms with van der Waals surface area (Å²) in [5.41, 5.74) is -0.327. The predicted octanol–water partition coefficient (Wildman–Crippen LogP) is 4.94. The zero-order valence-corrected chi connectivity index (χ0v) is 24.1. The number of phenols is 1. The molecule has 1 saturated carbocycles. The average molecular weight is 646 g/mol. The van der Waals surface area contributed by atoms with Crippen LogP contribution < -0.4 is 4.90 Å². The van der Waals surface area contributed by atoms with Crippen LogP contribution in [0.1, 0.15) is 31.2 Å². The first kappa shape index (κ1) is 27.6. The van der Waals surface area contributed by atoms with Gasteiger partial charge in [0.2, 0.25) is 23.6 Å². The van der Waals surface area contributed by atoms with E-state index in [2.05, 4.69) is 20.7 Å². The molecule has 4 aliphatic rings. The van der Waals surface area contributed by atoms with Crippen molar-refractivity contribution in [3.05, 3.63) is 68.9 Å². The van der Waals surface area contributed by atoms with E-state index in [1.165, 1.54) is 18.2 Å². The molecular formula is C29H23BrClFN2O7. The smallest absolute Gasteiger partial charge is 0.423 e. The summed E-state index contributed by atoms with van der Waals surface area (Å²) in [6, 6.07) is 8.32. The molecule has 6 rings (SSSR count). The number of carbonyl (C=O) groups excluding carboxylic acids is 5. The molecule has 2 aromatic carbocycles. The van der Waals surface area contributed by atoms with Gasteiger partial charge >= 0.3 is 6.09 Å². The number of allylic oxidation sites excluding steroid dienone is 2. The largest absolute Gasteiger partial charge is 0.508 e. The van der Waals surface area contributed by atoms with Crippen molar-refractivity contribution in [3.8, 4) is 5.75 Å². The Morgan fingerprint density at radius 1 is 1.10 bits per heavy atom. The van der Waals surface area contributed by atoms with Crippen molar-refractivity contribution in [2.45, 2.75) is 25.7 Å². The number of imide groups is 4. The van der Waals surface area contributed by atoms with Gasteiger partial charge in [0.05, 0.1) is 41.0 Å². The summed E-state index contributed by atoms with van der Waals surface area (Å²) in [5.74, 6) is -7.67. The first-order valence-corrected chi connectivity index (χ1v) is 14.1. The Labute approximate surface area is 247 Å². The van der Waals surface area contributed by atoms with E-state index >= 15 is 0 Å². The van der Waals surface area contributed by atoms with Crippen LogP contribution in [0.2, 0.25) is 5.02 Å². The zero-order valence-electron chi connectivity index (χ0n) is 21.8. The first-order chi connectivity index (χ1) is 19.4. The predicted molar refractivity (Wildman–Crippen MR) is 146 cm³/mol. The van der Waals surface area contributed by atoms with E-state index in [0.29, 0.717) is 20.5 Å². The van der Waals surface area contributed by atoms with Gasteiger partial charge in [-0.05, 0) is 62.1 Å². The third-order valence-corrected chi connectivity index (χ3v) is 9.88. The maximum atomic E-state index is 14.3. The van der Waals surface area contributed by atoms with Gasteiger partial charge in [-0.3, -0.25) is 19.2 Å². The second kappa shape index (κ2) is 9.49. The number of amides is 5. The number of benzene rings is 2. The lowest BCUT2D eigenvalue weighted by Gasteiger charge is -2.49. The van der Waals surface area contributed by atoms with E-state index in [4.69, 9.17) is 11.6 Å². The van der Waals surface area contributed by atoms with E-state index in [1.807, 2.05) is 0 Å². The van der Waals surface area contributed by atoms with E-state index in [0.717, 1.165) is 18.1 Å². The number of nitrogens with zero attached hydrogens (tertiary/aromatic N) is 2. The first-order valence-electron chi connectivity index (χ1n) is 12.9. The number of hydrogen-bond acceptors (Lipinski definition) is 7. The molecule has 6 atom stereocenters. The summed E-state index contributed by atoms with van der Waals surface area (Å²) < 4.78 is 19.3. The maximum absolute atomic E-state index is 14.3. The lowest BCUT2D eigenvalue weighted by atomic mass is 9.51. The van der Waals surface area contributed by atoms with Crippen LogP contribution in [0.15, 0.2) is 52.5 Å². The minimum absolute atomic E-state index is 0.0405. The quantitative estimate of drug-likeness (QED) is 0.363. The van der Waals surface area contributed by atoms with Crippen LogP contribution in [0.4, 0.5) is 14.9 Å². The van der Waals surface area contributed by atoms with E-state index < -0.39 is 70.5 Å². The SMILES string of the molecule is COC(=O)N1C(=O)[C@H]2[C@H](CC=C3[C@H]2C[C@H]2C(=O)N(c4ccc(F)c(Cl)c4)C(=O)[C@@]2(C)[C@H]3c2cc(Br)ccc2O)C1=O. The fraction of sp³-hybridized carbons (Fsp3) is 0.345.